The fraction of sp³-hybridized carbons (Fsp3) is 0.538. The first-order chi connectivity index (χ1) is 9.43. The van der Waals surface area contributed by atoms with Crippen LogP contribution in [-0.2, 0) is 9.47 Å². The van der Waals surface area contributed by atoms with Crippen LogP contribution in [-0.4, -0.2) is 33.6 Å². The van der Waals surface area contributed by atoms with Crippen molar-refractivity contribution in [2.45, 2.75) is 32.1 Å². The van der Waals surface area contributed by atoms with Crippen LogP contribution >= 0.6 is 0 Å². The molecular weight excluding hydrogens is 244 g/mol. The Labute approximate surface area is 111 Å². The second-order valence-electron chi connectivity index (χ2n) is 4.52. The Morgan fingerprint density at radius 2 is 1.21 bits per heavy atom. The molecule has 3 heterocycles. The molecule has 19 heavy (non-hydrogen) atoms. The van der Waals surface area contributed by atoms with Crippen LogP contribution in [0.5, 0.6) is 0 Å². The summed E-state index contributed by atoms with van der Waals surface area (Å²) in [5.74, 6) is 2.25. The van der Waals surface area contributed by atoms with E-state index in [4.69, 9.17) is 9.47 Å². The van der Waals surface area contributed by atoms with E-state index in [1.807, 2.05) is 12.2 Å². The first-order valence-electron chi connectivity index (χ1n) is 6.67. The van der Waals surface area contributed by atoms with E-state index < -0.39 is 0 Å². The second kappa shape index (κ2) is 5.77. The van der Waals surface area contributed by atoms with Crippen molar-refractivity contribution in [2.24, 2.45) is 0 Å². The highest BCUT2D eigenvalue weighted by Crippen LogP contribution is 2.19. The Hall–Kier alpha value is -1.98. The van der Waals surface area contributed by atoms with Crippen molar-refractivity contribution in [3.63, 3.8) is 0 Å². The summed E-state index contributed by atoms with van der Waals surface area (Å²) < 4.78 is 11.1. The van der Waals surface area contributed by atoms with Crippen molar-refractivity contribution < 1.29 is 9.47 Å². The monoisotopic (exact) mass is 260 g/mol. The molecule has 1 aromatic heterocycles. The smallest absolute Gasteiger partial charge is 0.237 e. The largest absolute Gasteiger partial charge is 0.490 e. The molecule has 0 saturated heterocycles. The molecular formula is C13H16N4O2. The Balaban J connectivity index is 1.78. The minimum atomic E-state index is 0.442. The highest BCUT2D eigenvalue weighted by molar-refractivity contribution is 5.54. The van der Waals surface area contributed by atoms with Crippen LogP contribution < -0.4 is 0 Å². The van der Waals surface area contributed by atoms with Gasteiger partial charge in [0.05, 0.1) is 13.2 Å². The van der Waals surface area contributed by atoms with Gasteiger partial charge in [-0.2, -0.15) is 0 Å². The normalized spacial score (nSPS) is 19.6. The Morgan fingerprint density at radius 1 is 0.684 bits per heavy atom. The van der Waals surface area contributed by atoms with Gasteiger partial charge in [0.1, 0.15) is 0 Å². The van der Waals surface area contributed by atoms with E-state index in [-0.39, 0.29) is 0 Å². The fourth-order valence-electron chi connectivity index (χ4n) is 2.02. The Morgan fingerprint density at radius 3 is 1.79 bits per heavy atom. The summed E-state index contributed by atoms with van der Waals surface area (Å²) in [5.41, 5.74) is 0. The van der Waals surface area contributed by atoms with E-state index in [9.17, 15) is 0 Å². The van der Waals surface area contributed by atoms with Gasteiger partial charge in [-0.15, -0.1) is 20.4 Å². The third-order valence-electron chi connectivity index (χ3n) is 3.04. The predicted molar refractivity (Wildman–Crippen MR) is 68.6 cm³/mol. The van der Waals surface area contributed by atoms with Gasteiger partial charge < -0.3 is 9.47 Å². The fourth-order valence-corrected chi connectivity index (χ4v) is 2.02. The molecule has 2 aliphatic heterocycles. The van der Waals surface area contributed by atoms with Crippen molar-refractivity contribution in [1.29, 1.82) is 0 Å². The molecule has 0 fully saturated rings. The summed E-state index contributed by atoms with van der Waals surface area (Å²) in [4.78, 5) is 0. The summed E-state index contributed by atoms with van der Waals surface area (Å²) in [5, 5.41) is 16.3. The summed E-state index contributed by atoms with van der Waals surface area (Å²) in [6, 6.07) is 0. The molecule has 3 rings (SSSR count). The molecule has 1 aromatic rings. The zero-order chi connectivity index (χ0) is 12.9. The van der Waals surface area contributed by atoms with Crippen LogP contribution in [0.25, 0.3) is 11.5 Å². The molecule has 0 radical (unpaired) electrons. The van der Waals surface area contributed by atoms with E-state index in [1.54, 1.807) is 0 Å². The highest BCUT2D eigenvalue weighted by atomic mass is 16.5. The van der Waals surface area contributed by atoms with Crippen molar-refractivity contribution in [3.05, 3.63) is 23.8 Å². The topological polar surface area (TPSA) is 70.0 Å². The minimum absolute atomic E-state index is 0.442. The SMILES string of the molecule is C1=C(c2nnc(C3=CCCCCO3)nn2)OCCC1. The lowest BCUT2D eigenvalue weighted by atomic mass is 10.2. The van der Waals surface area contributed by atoms with Crippen LogP contribution in [0.4, 0.5) is 0 Å². The molecule has 0 unspecified atom stereocenters. The van der Waals surface area contributed by atoms with Crippen LogP contribution in [0.1, 0.15) is 43.8 Å². The van der Waals surface area contributed by atoms with Crippen LogP contribution in [0.3, 0.4) is 0 Å². The third-order valence-corrected chi connectivity index (χ3v) is 3.04. The molecule has 0 bridgehead atoms. The van der Waals surface area contributed by atoms with Gasteiger partial charge in [0, 0.05) is 0 Å². The first-order valence-corrected chi connectivity index (χ1v) is 6.67. The lowest BCUT2D eigenvalue weighted by Crippen LogP contribution is -2.09. The summed E-state index contributed by atoms with van der Waals surface area (Å²) in [6.07, 6.45) is 9.15. The Bertz CT molecular complexity index is 496. The predicted octanol–water partition coefficient (Wildman–Crippen LogP) is 1.96. The van der Waals surface area contributed by atoms with E-state index in [1.165, 1.54) is 0 Å². The average Bonchev–Trinajstić information content (AvgIpc) is 2.77. The molecule has 100 valence electrons. The maximum Gasteiger partial charge on any atom is 0.237 e. The molecule has 0 amide bonds. The standard InChI is InChI=1S/C13H16N4O2/c1-2-6-10(18-8-4-1)12-14-16-13(17-15-12)11-7-3-5-9-19-11/h6-7H,1-5,8-9H2. The molecule has 0 aliphatic carbocycles. The van der Waals surface area contributed by atoms with E-state index in [0.717, 1.165) is 32.1 Å². The van der Waals surface area contributed by atoms with Crippen molar-refractivity contribution in [2.75, 3.05) is 13.2 Å². The highest BCUT2D eigenvalue weighted by Gasteiger charge is 2.15. The lowest BCUT2D eigenvalue weighted by Gasteiger charge is -2.12. The van der Waals surface area contributed by atoms with Crippen LogP contribution in [0, 0.1) is 0 Å². The van der Waals surface area contributed by atoms with Crippen LogP contribution in [0.15, 0.2) is 12.2 Å². The van der Waals surface area contributed by atoms with Gasteiger partial charge in [-0.25, -0.2) is 0 Å². The zero-order valence-corrected chi connectivity index (χ0v) is 10.7. The number of hydrogen-bond acceptors (Lipinski definition) is 6. The molecule has 0 spiro atoms. The van der Waals surface area contributed by atoms with E-state index >= 15 is 0 Å². The van der Waals surface area contributed by atoms with E-state index in [2.05, 4.69) is 20.4 Å². The van der Waals surface area contributed by atoms with Gasteiger partial charge in [-0.3, -0.25) is 0 Å². The van der Waals surface area contributed by atoms with Gasteiger partial charge >= 0.3 is 0 Å². The Kier molecular flexibility index (Phi) is 3.67. The third kappa shape index (κ3) is 2.89. The summed E-state index contributed by atoms with van der Waals surface area (Å²) in [6.45, 7) is 1.40. The van der Waals surface area contributed by atoms with Crippen LogP contribution in [0.2, 0.25) is 0 Å². The maximum atomic E-state index is 5.58. The molecule has 0 aromatic carbocycles. The van der Waals surface area contributed by atoms with Gasteiger partial charge in [0.2, 0.25) is 11.6 Å². The van der Waals surface area contributed by atoms with Crippen molar-refractivity contribution in [3.8, 4) is 0 Å². The summed E-state index contributed by atoms with van der Waals surface area (Å²) in [7, 11) is 0. The number of allylic oxidation sites excluding steroid dienone is 2. The number of nitrogens with zero attached hydrogens (tertiary/aromatic N) is 4. The van der Waals surface area contributed by atoms with Crippen molar-refractivity contribution >= 4 is 11.5 Å². The lowest BCUT2D eigenvalue weighted by molar-refractivity contribution is 0.254. The maximum absolute atomic E-state index is 5.58. The molecule has 6 nitrogen and oxygen atoms in total. The van der Waals surface area contributed by atoms with Gasteiger partial charge in [-0.1, -0.05) is 0 Å². The molecule has 0 atom stereocenters. The molecule has 0 N–H and O–H groups in total. The zero-order valence-electron chi connectivity index (χ0n) is 10.7. The first kappa shape index (κ1) is 12.1. The number of aromatic nitrogens is 4. The van der Waals surface area contributed by atoms with Crippen molar-refractivity contribution in [1.82, 2.24) is 20.4 Å². The molecule has 6 heteroatoms. The number of ether oxygens (including phenoxy) is 2. The number of rotatable bonds is 2. The average molecular weight is 260 g/mol. The van der Waals surface area contributed by atoms with E-state index in [0.29, 0.717) is 36.4 Å². The number of hydrogen-bond donors (Lipinski definition) is 0. The van der Waals surface area contributed by atoms with Gasteiger partial charge in [0.25, 0.3) is 0 Å². The quantitative estimate of drug-likeness (QED) is 0.809. The van der Waals surface area contributed by atoms with Gasteiger partial charge in [0.15, 0.2) is 11.5 Å². The molecule has 2 aliphatic rings. The summed E-state index contributed by atoms with van der Waals surface area (Å²) >= 11 is 0. The molecule has 0 saturated carbocycles. The van der Waals surface area contributed by atoms with Gasteiger partial charge in [-0.05, 0) is 44.3 Å². The second-order valence-corrected chi connectivity index (χ2v) is 4.52. The minimum Gasteiger partial charge on any atom is -0.490 e.